The summed E-state index contributed by atoms with van der Waals surface area (Å²) in [7, 11) is 0. The van der Waals surface area contributed by atoms with Gasteiger partial charge in [0.15, 0.2) is 10.8 Å². The van der Waals surface area contributed by atoms with Gasteiger partial charge in [-0.2, -0.15) is 4.99 Å². The molecule has 0 aromatic heterocycles. The standard InChI is InChI=1S/C18H13Cl2N3O3S/c19-11-5-3-6-12(20)9(11)8-23-13-7-2-1-4-10(13)18(26,16(23)25)14-15(24)22-17(21)27-14/h1-7,14,26H,8H2,(H2,21,22,24)/t14-,18+/m0/s1. The Hall–Kier alpha value is -2.06. The van der Waals surface area contributed by atoms with Gasteiger partial charge >= 0.3 is 0 Å². The van der Waals surface area contributed by atoms with Crippen LogP contribution in [-0.4, -0.2) is 27.3 Å². The summed E-state index contributed by atoms with van der Waals surface area (Å²) in [6.45, 7) is 0.0541. The minimum Gasteiger partial charge on any atom is -0.378 e. The van der Waals surface area contributed by atoms with E-state index in [4.69, 9.17) is 28.9 Å². The van der Waals surface area contributed by atoms with E-state index in [0.717, 1.165) is 11.8 Å². The Labute approximate surface area is 169 Å². The largest absolute Gasteiger partial charge is 0.378 e. The molecule has 138 valence electrons. The minimum absolute atomic E-state index is 0.0244. The second kappa shape index (κ2) is 6.53. The number of amides is 2. The average Bonchev–Trinajstić information content (AvgIpc) is 3.08. The number of aliphatic hydroxyl groups is 1. The van der Waals surface area contributed by atoms with E-state index in [1.807, 2.05) is 0 Å². The molecule has 2 aliphatic rings. The van der Waals surface area contributed by atoms with E-state index in [2.05, 4.69) is 4.99 Å². The Kier molecular flexibility index (Phi) is 4.43. The second-order valence-electron chi connectivity index (χ2n) is 6.16. The maximum Gasteiger partial charge on any atom is 0.265 e. The second-order valence-corrected chi connectivity index (χ2v) is 8.10. The number of hydrogen-bond acceptors (Lipinski definition) is 5. The molecule has 0 spiro atoms. The van der Waals surface area contributed by atoms with Crippen molar-refractivity contribution in [2.45, 2.75) is 17.4 Å². The predicted molar refractivity (Wildman–Crippen MR) is 106 cm³/mol. The molecule has 2 aliphatic heterocycles. The Morgan fingerprint density at radius 2 is 1.81 bits per heavy atom. The van der Waals surface area contributed by atoms with Crippen molar-refractivity contribution in [1.82, 2.24) is 0 Å². The van der Waals surface area contributed by atoms with E-state index in [9.17, 15) is 14.7 Å². The third-order valence-electron chi connectivity index (χ3n) is 4.62. The SMILES string of the molecule is NC1=NC(=O)[C@@H]([C@@]2(O)C(=O)N(Cc3c(Cl)cccc3Cl)c3ccccc32)S1. The number of benzene rings is 2. The highest BCUT2D eigenvalue weighted by molar-refractivity contribution is 8.15. The Morgan fingerprint density at radius 1 is 1.15 bits per heavy atom. The molecule has 6 nitrogen and oxygen atoms in total. The van der Waals surface area contributed by atoms with Crippen molar-refractivity contribution in [2.75, 3.05) is 4.90 Å². The van der Waals surface area contributed by atoms with Crippen LogP contribution in [-0.2, 0) is 21.7 Å². The number of para-hydroxylation sites is 1. The number of halogens is 2. The number of hydrogen-bond donors (Lipinski definition) is 2. The first-order chi connectivity index (χ1) is 12.8. The minimum atomic E-state index is -2.07. The van der Waals surface area contributed by atoms with Gasteiger partial charge in [-0.1, -0.05) is 59.2 Å². The van der Waals surface area contributed by atoms with Crippen LogP contribution in [0.4, 0.5) is 5.69 Å². The van der Waals surface area contributed by atoms with Gasteiger partial charge in [-0.05, 0) is 18.2 Å². The van der Waals surface area contributed by atoms with E-state index in [1.54, 1.807) is 42.5 Å². The smallest absolute Gasteiger partial charge is 0.265 e. The van der Waals surface area contributed by atoms with Gasteiger partial charge in [0.05, 0.1) is 12.2 Å². The fraction of sp³-hybridized carbons (Fsp3) is 0.167. The molecule has 0 unspecified atom stereocenters. The van der Waals surface area contributed by atoms with Gasteiger partial charge in [0.1, 0.15) is 5.25 Å². The van der Waals surface area contributed by atoms with Crippen LogP contribution >= 0.6 is 35.0 Å². The molecule has 2 aromatic carbocycles. The predicted octanol–water partition coefficient (Wildman–Crippen LogP) is 2.68. The molecule has 9 heteroatoms. The first-order valence-corrected chi connectivity index (χ1v) is 9.59. The third kappa shape index (κ3) is 2.73. The fourth-order valence-corrected chi connectivity index (χ4v) is 4.80. The lowest BCUT2D eigenvalue weighted by Gasteiger charge is -2.27. The summed E-state index contributed by atoms with van der Waals surface area (Å²) in [5, 5.41) is 11.1. The molecular formula is C18H13Cl2N3O3S. The molecule has 0 fully saturated rings. The number of carbonyl (C=O) groups excluding carboxylic acids is 2. The molecule has 0 aliphatic carbocycles. The van der Waals surface area contributed by atoms with Crippen LogP contribution in [0, 0.1) is 0 Å². The lowest BCUT2D eigenvalue weighted by atomic mass is 9.91. The summed E-state index contributed by atoms with van der Waals surface area (Å²) in [6.07, 6.45) is 0. The first-order valence-electron chi connectivity index (χ1n) is 7.95. The molecule has 4 rings (SSSR count). The highest BCUT2D eigenvalue weighted by Gasteiger charge is 2.59. The van der Waals surface area contributed by atoms with Crippen molar-refractivity contribution in [1.29, 1.82) is 0 Å². The van der Waals surface area contributed by atoms with Crippen molar-refractivity contribution < 1.29 is 14.7 Å². The van der Waals surface area contributed by atoms with Gasteiger partial charge in [0.25, 0.3) is 11.8 Å². The Balaban J connectivity index is 1.80. The molecule has 2 atom stereocenters. The third-order valence-corrected chi connectivity index (χ3v) is 6.44. The molecule has 0 bridgehead atoms. The zero-order valence-corrected chi connectivity index (χ0v) is 16.1. The highest BCUT2D eigenvalue weighted by Crippen LogP contribution is 2.48. The van der Waals surface area contributed by atoms with Crippen molar-refractivity contribution >= 4 is 57.6 Å². The average molecular weight is 422 g/mol. The van der Waals surface area contributed by atoms with Crippen LogP contribution in [0.15, 0.2) is 47.5 Å². The summed E-state index contributed by atoms with van der Waals surface area (Å²) in [5.41, 5.74) is 4.92. The van der Waals surface area contributed by atoms with E-state index >= 15 is 0 Å². The van der Waals surface area contributed by atoms with Crippen LogP contribution in [0.5, 0.6) is 0 Å². The lowest BCUT2D eigenvalue weighted by molar-refractivity contribution is -0.140. The Morgan fingerprint density at radius 3 is 2.44 bits per heavy atom. The molecule has 0 saturated carbocycles. The molecule has 2 aromatic rings. The molecule has 0 radical (unpaired) electrons. The summed E-state index contributed by atoms with van der Waals surface area (Å²) in [4.78, 5) is 30.6. The zero-order valence-electron chi connectivity index (χ0n) is 13.7. The summed E-state index contributed by atoms with van der Waals surface area (Å²) < 4.78 is 0. The van der Waals surface area contributed by atoms with Crippen LogP contribution in [0.2, 0.25) is 10.0 Å². The molecular weight excluding hydrogens is 409 g/mol. The number of fused-ring (bicyclic) bond motifs is 1. The summed E-state index contributed by atoms with van der Waals surface area (Å²) >= 11 is 13.4. The van der Waals surface area contributed by atoms with Crippen LogP contribution in [0.25, 0.3) is 0 Å². The molecule has 27 heavy (non-hydrogen) atoms. The summed E-state index contributed by atoms with van der Waals surface area (Å²) in [5.74, 6) is -1.28. The summed E-state index contributed by atoms with van der Waals surface area (Å²) in [6, 6.07) is 11.8. The molecule has 2 amide bonds. The number of rotatable bonds is 3. The van der Waals surface area contributed by atoms with E-state index in [0.29, 0.717) is 26.9 Å². The number of thioether (sulfide) groups is 1. The van der Waals surface area contributed by atoms with Crippen LogP contribution in [0.3, 0.4) is 0 Å². The van der Waals surface area contributed by atoms with Gasteiger partial charge in [-0.25, -0.2) is 0 Å². The number of aliphatic imine (C=N–C) groups is 1. The number of anilines is 1. The molecule has 2 heterocycles. The first kappa shape index (κ1) is 18.3. The normalized spacial score (nSPS) is 24.3. The number of nitrogens with two attached hydrogens (primary N) is 1. The number of nitrogens with zero attached hydrogens (tertiary/aromatic N) is 2. The van der Waals surface area contributed by atoms with Gasteiger partial charge < -0.3 is 15.7 Å². The maximum atomic E-state index is 13.3. The van der Waals surface area contributed by atoms with Crippen molar-refractivity contribution in [3.05, 3.63) is 63.6 Å². The number of amidine groups is 1. The van der Waals surface area contributed by atoms with Crippen molar-refractivity contribution in [3.63, 3.8) is 0 Å². The van der Waals surface area contributed by atoms with Crippen LogP contribution in [0.1, 0.15) is 11.1 Å². The van der Waals surface area contributed by atoms with Gasteiger partial charge in [-0.15, -0.1) is 0 Å². The van der Waals surface area contributed by atoms with Crippen molar-refractivity contribution in [2.24, 2.45) is 10.7 Å². The van der Waals surface area contributed by atoms with Gasteiger partial charge in [0.2, 0.25) is 0 Å². The van der Waals surface area contributed by atoms with E-state index < -0.39 is 22.7 Å². The quantitative estimate of drug-likeness (QED) is 0.793. The topological polar surface area (TPSA) is 96.0 Å². The Bertz CT molecular complexity index is 993. The van der Waals surface area contributed by atoms with Gasteiger partial charge in [-0.3, -0.25) is 9.59 Å². The molecule has 3 N–H and O–H groups in total. The lowest BCUT2D eigenvalue weighted by Crippen LogP contribution is -2.49. The van der Waals surface area contributed by atoms with E-state index in [-0.39, 0.29) is 11.7 Å². The van der Waals surface area contributed by atoms with Gasteiger partial charge in [0, 0.05) is 21.2 Å². The monoisotopic (exact) mass is 421 g/mol. The zero-order chi connectivity index (χ0) is 19.3. The highest BCUT2D eigenvalue weighted by atomic mass is 35.5. The van der Waals surface area contributed by atoms with Crippen molar-refractivity contribution in [3.8, 4) is 0 Å². The number of carbonyl (C=O) groups is 2. The van der Waals surface area contributed by atoms with E-state index in [1.165, 1.54) is 4.90 Å². The molecule has 0 saturated heterocycles. The van der Waals surface area contributed by atoms with Crippen LogP contribution < -0.4 is 10.6 Å². The maximum absolute atomic E-state index is 13.3. The fourth-order valence-electron chi connectivity index (χ4n) is 3.34.